The van der Waals surface area contributed by atoms with E-state index in [1.54, 1.807) is 0 Å². The van der Waals surface area contributed by atoms with Crippen molar-refractivity contribution in [3.05, 3.63) is 35.7 Å². The first kappa shape index (κ1) is 22.2. The summed E-state index contributed by atoms with van der Waals surface area (Å²) >= 11 is 0. The van der Waals surface area contributed by atoms with Gasteiger partial charge in [0.05, 0.1) is 16.7 Å². The molecule has 12 heteroatoms. The number of piperidine rings is 1. The molecule has 157 valence electrons. The van der Waals surface area contributed by atoms with Gasteiger partial charge in [-0.3, -0.25) is 4.79 Å². The number of amides is 1. The lowest BCUT2D eigenvalue weighted by Gasteiger charge is -2.33. The second-order valence-corrected chi connectivity index (χ2v) is 6.09. The maximum Gasteiger partial charge on any atom is 0.419 e. The fourth-order valence-corrected chi connectivity index (χ4v) is 2.73. The molecular formula is C16H13F9NO2. The van der Waals surface area contributed by atoms with E-state index in [1.807, 2.05) is 0 Å². The molecule has 1 saturated heterocycles. The molecule has 28 heavy (non-hydrogen) atoms. The van der Waals surface area contributed by atoms with Gasteiger partial charge in [0.1, 0.15) is 11.9 Å². The fourth-order valence-electron chi connectivity index (χ4n) is 2.73. The lowest BCUT2D eigenvalue weighted by molar-refractivity contribution is -0.151. The smallest absolute Gasteiger partial charge is 0.419 e. The van der Waals surface area contributed by atoms with Crippen LogP contribution in [0, 0.1) is 6.92 Å². The summed E-state index contributed by atoms with van der Waals surface area (Å²) in [6.45, 7) is 3.10. The number of rotatable bonds is 2. The molecule has 0 atom stereocenters. The van der Waals surface area contributed by atoms with Crippen LogP contribution in [-0.4, -0.2) is 30.0 Å². The van der Waals surface area contributed by atoms with Crippen molar-refractivity contribution in [3.63, 3.8) is 0 Å². The van der Waals surface area contributed by atoms with Crippen molar-refractivity contribution in [2.75, 3.05) is 13.1 Å². The molecular weight excluding hydrogens is 409 g/mol. The second-order valence-electron chi connectivity index (χ2n) is 6.09. The van der Waals surface area contributed by atoms with Gasteiger partial charge in [-0.05, 0) is 12.1 Å². The predicted octanol–water partition coefficient (Wildman–Crippen LogP) is 4.95. The molecule has 1 aliphatic rings. The molecule has 0 unspecified atom stereocenters. The number of halogens is 9. The van der Waals surface area contributed by atoms with Crippen molar-refractivity contribution >= 4 is 5.91 Å². The molecule has 1 radical (unpaired) electrons. The van der Waals surface area contributed by atoms with Crippen LogP contribution >= 0.6 is 0 Å². The third-order valence-electron chi connectivity index (χ3n) is 4.11. The molecule has 0 spiro atoms. The van der Waals surface area contributed by atoms with Gasteiger partial charge in [0.2, 0.25) is 5.91 Å². The standard InChI is InChI=1S/C16H13F9NO2/c1-8(27)26-4-2-10(3-5-26)28-13-11(15(20,21)22)6-9(14(17,18)19)7-12(13)16(23,24)25/h6-7,10H,1-5H2. The molecule has 0 aliphatic carbocycles. The van der Waals surface area contributed by atoms with Crippen molar-refractivity contribution in [2.45, 2.75) is 37.5 Å². The summed E-state index contributed by atoms with van der Waals surface area (Å²) in [7, 11) is 0. The Morgan fingerprint density at radius 3 is 1.64 bits per heavy atom. The van der Waals surface area contributed by atoms with Gasteiger partial charge in [-0.15, -0.1) is 0 Å². The van der Waals surface area contributed by atoms with E-state index in [0.717, 1.165) is 0 Å². The quantitative estimate of drug-likeness (QED) is 0.632. The van der Waals surface area contributed by atoms with Gasteiger partial charge in [0, 0.05) is 32.9 Å². The third kappa shape index (κ3) is 5.02. The van der Waals surface area contributed by atoms with E-state index in [4.69, 9.17) is 4.74 Å². The van der Waals surface area contributed by atoms with Crippen LogP contribution < -0.4 is 4.74 Å². The van der Waals surface area contributed by atoms with Gasteiger partial charge >= 0.3 is 18.5 Å². The van der Waals surface area contributed by atoms with E-state index < -0.39 is 65.1 Å². The lowest BCUT2D eigenvalue weighted by Crippen LogP contribution is -2.41. The summed E-state index contributed by atoms with van der Waals surface area (Å²) in [5.74, 6) is -2.27. The van der Waals surface area contributed by atoms with E-state index in [1.165, 1.54) is 4.90 Å². The number of benzene rings is 1. The minimum atomic E-state index is -5.51. The van der Waals surface area contributed by atoms with Gasteiger partial charge in [-0.2, -0.15) is 39.5 Å². The molecule has 1 aromatic rings. The second kappa shape index (κ2) is 7.36. The minimum Gasteiger partial charge on any atom is -0.489 e. The number of hydrogen-bond acceptors (Lipinski definition) is 2. The maximum atomic E-state index is 13.2. The Hall–Kier alpha value is -2.14. The lowest BCUT2D eigenvalue weighted by atomic mass is 10.0. The zero-order valence-electron chi connectivity index (χ0n) is 13.9. The fraction of sp³-hybridized carbons (Fsp3) is 0.500. The Morgan fingerprint density at radius 1 is 0.893 bits per heavy atom. The molecule has 0 aromatic heterocycles. The van der Waals surface area contributed by atoms with E-state index in [2.05, 4.69) is 6.92 Å². The van der Waals surface area contributed by atoms with Gasteiger partial charge in [0.25, 0.3) is 0 Å². The van der Waals surface area contributed by atoms with Crippen molar-refractivity contribution in [3.8, 4) is 5.75 Å². The maximum absolute atomic E-state index is 13.2. The Bertz CT molecular complexity index is 694. The summed E-state index contributed by atoms with van der Waals surface area (Å²) in [4.78, 5) is 12.4. The molecule has 2 rings (SSSR count). The number of carbonyl (C=O) groups is 1. The summed E-state index contributed by atoms with van der Waals surface area (Å²) in [5, 5.41) is 0. The van der Waals surface area contributed by atoms with Crippen LogP contribution in [0.5, 0.6) is 5.75 Å². The Kier molecular flexibility index (Phi) is 5.82. The number of ether oxygens (including phenoxy) is 1. The molecule has 1 aliphatic heterocycles. The highest BCUT2D eigenvalue weighted by Crippen LogP contribution is 2.48. The van der Waals surface area contributed by atoms with Crippen molar-refractivity contribution in [1.29, 1.82) is 0 Å². The van der Waals surface area contributed by atoms with E-state index >= 15 is 0 Å². The van der Waals surface area contributed by atoms with Crippen LogP contribution in [0.4, 0.5) is 39.5 Å². The van der Waals surface area contributed by atoms with Gasteiger partial charge < -0.3 is 9.64 Å². The van der Waals surface area contributed by atoms with Crippen LogP contribution in [0.15, 0.2) is 12.1 Å². The summed E-state index contributed by atoms with van der Waals surface area (Å²) < 4.78 is 123. The largest absolute Gasteiger partial charge is 0.489 e. The van der Waals surface area contributed by atoms with Crippen molar-refractivity contribution in [2.24, 2.45) is 0 Å². The van der Waals surface area contributed by atoms with Gasteiger partial charge in [-0.25, -0.2) is 0 Å². The minimum absolute atomic E-state index is 0.0175. The highest BCUT2D eigenvalue weighted by Gasteiger charge is 2.46. The van der Waals surface area contributed by atoms with Crippen molar-refractivity contribution < 1.29 is 49.0 Å². The van der Waals surface area contributed by atoms with Gasteiger partial charge in [-0.1, -0.05) is 0 Å². The van der Waals surface area contributed by atoms with Crippen LogP contribution in [0.3, 0.4) is 0 Å². The Morgan fingerprint density at radius 2 is 1.32 bits per heavy atom. The first-order valence-corrected chi connectivity index (χ1v) is 7.78. The zero-order valence-corrected chi connectivity index (χ0v) is 13.9. The van der Waals surface area contributed by atoms with Crippen LogP contribution in [-0.2, 0) is 23.3 Å². The van der Waals surface area contributed by atoms with Crippen LogP contribution in [0.25, 0.3) is 0 Å². The number of alkyl halides is 9. The molecule has 0 saturated carbocycles. The zero-order chi connectivity index (χ0) is 21.5. The molecule has 1 amide bonds. The molecule has 1 fully saturated rings. The Balaban J connectivity index is 2.51. The SMILES string of the molecule is [CH2]C(=O)N1CCC(Oc2c(C(F)(F)F)cc(C(F)(F)F)cc2C(F)(F)F)CC1. The third-order valence-corrected chi connectivity index (χ3v) is 4.11. The number of carbonyl (C=O) groups excluding carboxylic acids is 1. The number of hydrogen-bond donors (Lipinski definition) is 0. The molecule has 1 heterocycles. The molecule has 1 aromatic carbocycles. The summed E-state index contributed by atoms with van der Waals surface area (Å²) in [6.07, 6.45) is -17.8. The highest BCUT2D eigenvalue weighted by atomic mass is 19.4. The average Bonchev–Trinajstić information content (AvgIpc) is 2.52. The number of likely N-dealkylation sites (tertiary alicyclic amines) is 1. The average molecular weight is 422 g/mol. The molecule has 0 bridgehead atoms. The first-order chi connectivity index (χ1) is 12.6. The van der Waals surface area contributed by atoms with Gasteiger partial charge in [0.15, 0.2) is 0 Å². The van der Waals surface area contributed by atoms with E-state index in [-0.39, 0.29) is 25.9 Å². The predicted molar refractivity (Wildman–Crippen MR) is 77.0 cm³/mol. The molecule has 3 nitrogen and oxygen atoms in total. The summed E-state index contributed by atoms with van der Waals surface area (Å²) in [5.41, 5.74) is -6.41. The normalized spacial score (nSPS) is 17.0. The van der Waals surface area contributed by atoms with Crippen LogP contribution in [0.2, 0.25) is 0 Å². The van der Waals surface area contributed by atoms with E-state index in [9.17, 15) is 44.3 Å². The summed E-state index contributed by atoms with van der Waals surface area (Å²) in [6, 6.07) is -0.807. The molecule has 0 N–H and O–H groups in total. The Labute approximate surface area is 153 Å². The van der Waals surface area contributed by atoms with Crippen LogP contribution in [0.1, 0.15) is 29.5 Å². The number of nitrogens with zero attached hydrogens (tertiary/aromatic N) is 1. The first-order valence-electron chi connectivity index (χ1n) is 7.78. The monoisotopic (exact) mass is 422 g/mol. The topological polar surface area (TPSA) is 29.5 Å². The highest BCUT2D eigenvalue weighted by molar-refractivity contribution is 5.80. The van der Waals surface area contributed by atoms with E-state index in [0.29, 0.717) is 0 Å². The van der Waals surface area contributed by atoms with Crippen molar-refractivity contribution in [1.82, 2.24) is 4.90 Å².